The lowest BCUT2D eigenvalue weighted by Crippen LogP contribution is -2.34. The lowest BCUT2D eigenvalue weighted by molar-refractivity contribution is -0.0308. The molecule has 0 amide bonds. The summed E-state index contributed by atoms with van der Waals surface area (Å²) in [6.07, 6.45) is 0. The first-order valence-corrected chi connectivity index (χ1v) is 8.54. The standard InChI is InChI=1S/C12H27O4P.C2H6/c1-9(2)11(5,6)15-17(13,14)16-12(7,8)10(3)4;1-2/h9-10H,1-8H3,(H,13,14);1-2H3. The third-order valence-corrected chi connectivity index (χ3v) is 4.88. The van der Waals surface area contributed by atoms with Crippen molar-refractivity contribution in [2.24, 2.45) is 11.8 Å². The Morgan fingerprint density at radius 1 is 0.842 bits per heavy atom. The van der Waals surface area contributed by atoms with Crippen LogP contribution in [0, 0.1) is 11.8 Å². The summed E-state index contributed by atoms with van der Waals surface area (Å²) >= 11 is 0. The fraction of sp³-hybridized carbons (Fsp3) is 1.00. The van der Waals surface area contributed by atoms with Crippen LogP contribution < -0.4 is 0 Å². The molecule has 0 unspecified atom stereocenters. The first-order valence-electron chi connectivity index (χ1n) is 7.04. The molecule has 0 radical (unpaired) electrons. The van der Waals surface area contributed by atoms with E-state index in [4.69, 9.17) is 9.05 Å². The minimum absolute atomic E-state index is 0.119. The van der Waals surface area contributed by atoms with Gasteiger partial charge in [0.2, 0.25) is 0 Å². The van der Waals surface area contributed by atoms with Crippen LogP contribution in [0.2, 0.25) is 0 Å². The van der Waals surface area contributed by atoms with E-state index in [0.717, 1.165) is 0 Å². The van der Waals surface area contributed by atoms with Gasteiger partial charge in [-0.05, 0) is 39.5 Å². The van der Waals surface area contributed by atoms with Crippen molar-refractivity contribution in [2.45, 2.75) is 80.4 Å². The summed E-state index contributed by atoms with van der Waals surface area (Å²) in [6.45, 7) is 18.9. The maximum absolute atomic E-state index is 12.0. The van der Waals surface area contributed by atoms with Crippen molar-refractivity contribution in [2.75, 3.05) is 0 Å². The fourth-order valence-corrected chi connectivity index (χ4v) is 2.47. The quantitative estimate of drug-likeness (QED) is 0.699. The molecule has 0 aliphatic carbocycles. The lowest BCUT2D eigenvalue weighted by Gasteiger charge is -2.35. The van der Waals surface area contributed by atoms with Crippen LogP contribution in [0.4, 0.5) is 0 Å². The number of hydrogen-bond donors (Lipinski definition) is 1. The van der Waals surface area contributed by atoms with Gasteiger partial charge in [-0.15, -0.1) is 0 Å². The van der Waals surface area contributed by atoms with Gasteiger partial charge in [-0.25, -0.2) is 4.57 Å². The minimum Gasteiger partial charge on any atom is -0.302 e. The molecule has 0 aromatic rings. The van der Waals surface area contributed by atoms with Crippen LogP contribution in [-0.4, -0.2) is 16.1 Å². The molecule has 1 N–H and O–H groups in total. The van der Waals surface area contributed by atoms with Crippen LogP contribution in [0.1, 0.15) is 69.2 Å². The molecule has 4 nitrogen and oxygen atoms in total. The Morgan fingerprint density at radius 3 is 1.21 bits per heavy atom. The molecule has 0 aliphatic rings. The summed E-state index contributed by atoms with van der Waals surface area (Å²) in [7, 11) is -4.04. The smallest absolute Gasteiger partial charge is 0.302 e. The predicted octanol–water partition coefficient (Wildman–Crippen LogP) is 5.02. The lowest BCUT2D eigenvalue weighted by atomic mass is 9.95. The molecular weight excluding hydrogens is 263 g/mol. The second kappa shape index (κ2) is 7.78. The van der Waals surface area contributed by atoms with Crippen LogP contribution in [0.15, 0.2) is 0 Å². The predicted molar refractivity (Wildman–Crippen MR) is 81.2 cm³/mol. The highest BCUT2D eigenvalue weighted by atomic mass is 31.2. The summed E-state index contributed by atoms with van der Waals surface area (Å²) < 4.78 is 22.5. The normalized spacial score (nSPS) is 13.5. The highest BCUT2D eigenvalue weighted by Crippen LogP contribution is 2.52. The molecule has 0 aromatic carbocycles. The van der Waals surface area contributed by atoms with Crippen molar-refractivity contribution in [3.8, 4) is 0 Å². The highest BCUT2D eigenvalue weighted by Gasteiger charge is 2.39. The topological polar surface area (TPSA) is 55.8 Å². The van der Waals surface area contributed by atoms with E-state index in [1.54, 1.807) is 27.7 Å². The van der Waals surface area contributed by atoms with Crippen molar-refractivity contribution in [1.29, 1.82) is 0 Å². The van der Waals surface area contributed by atoms with Gasteiger partial charge in [-0.3, -0.25) is 9.05 Å². The number of phosphoric ester groups is 1. The SMILES string of the molecule is CC.CC(C)C(C)(C)OP(=O)(O)OC(C)(C)C(C)C. The molecule has 0 heterocycles. The van der Waals surface area contributed by atoms with Crippen molar-refractivity contribution in [3.05, 3.63) is 0 Å². The maximum Gasteiger partial charge on any atom is 0.473 e. The fourth-order valence-electron chi connectivity index (χ4n) is 0.824. The molecule has 0 spiro atoms. The van der Waals surface area contributed by atoms with Gasteiger partial charge in [-0.2, -0.15) is 0 Å². The largest absolute Gasteiger partial charge is 0.473 e. The summed E-state index contributed by atoms with van der Waals surface area (Å²) in [5.74, 6) is 0.238. The van der Waals surface area contributed by atoms with Crippen molar-refractivity contribution in [3.63, 3.8) is 0 Å². The Balaban J connectivity index is 0. The zero-order valence-electron chi connectivity index (χ0n) is 14.3. The second-order valence-corrected chi connectivity index (χ2v) is 7.47. The Hall–Kier alpha value is 0.110. The van der Waals surface area contributed by atoms with E-state index in [9.17, 15) is 9.46 Å². The van der Waals surface area contributed by atoms with E-state index in [1.807, 2.05) is 41.5 Å². The van der Waals surface area contributed by atoms with Gasteiger partial charge >= 0.3 is 7.82 Å². The third-order valence-electron chi connectivity index (χ3n) is 3.48. The van der Waals surface area contributed by atoms with E-state index in [0.29, 0.717) is 0 Å². The van der Waals surface area contributed by atoms with Gasteiger partial charge in [0.15, 0.2) is 0 Å². The summed E-state index contributed by atoms with van der Waals surface area (Å²) in [5, 5.41) is 0. The van der Waals surface area contributed by atoms with Crippen LogP contribution in [-0.2, 0) is 13.6 Å². The average Bonchev–Trinajstić information content (AvgIpc) is 2.16. The van der Waals surface area contributed by atoms with Crippen LogP contribution in [0.5, 0.6) is 0 Å². The molecule has 0 saturated heterocycles. The molecule has 0 rings (SSSR count). The molecule has 0 saturated carbocycles. The Kier molecular flexibility index (Phi) is 8.76. The maximum atomic E-state index is 12.0. The van der Waals surface area contributed by atoms with Gasteiger partial charge in [0.1, 0.15) is 0 Å². The van der Waals surface area contributed by atoms with E-state index < -0.39 is 19.0 Å². The first-order chi connectivity index (χ1) is 8.30. The van der Waals surface area contributed by atoms with Gasteiger partial charge in [0.25, 0.3) is 0 Å². The molecule has 0 aliphatic heterocycles. The van der Waals surface area contributed by atoms with E-state index in [2.05, 4.69) is 0 Å². The van der Waals surface area contributed by atoms with Gasteiger partial charge in [0, 0.05) is 0 Å². The summed E-state index contributed by atoms with van der Waals surface area (Å²) in [4.78, 5) is 9.79. The van der Waals surface area contributed by atoms with Gasteiger partial charge in [0.05, 0.1) is 11.2 Å². The molecule has 0 aromatic heterocycles. The molecular formula is C14H33O4P. The summed E-state index contributed by atoms with van der Waals surface area (Å²) in [5.41, 5.74) is -1.39. The van der Waals surface area contributed by atoms with Gasteiger partial charge in [-0.1, -0.05) is 41.5 Å². The van der Waals surface area contributed by atoms with E-state index in [-0.39, 0.29) is 11.8 Å². The van der Waals surface area contributed by atoms with Crippen LogP contribution in [0.3, 0.4) is 0 Å². The first kappa shape index (κ1) is 21.4. The molecule has 5 heteroatoms. The van der Waals surface area contributed by atoms with Crippen LogP contribution >= 0.6 is 7.82 Å². The minimum atomic E-state index is -4.04. The Labute approximate surface area is 119 Å². The number of hydrogen-bond acceptors (Lipinski definition) is 3. The number of phosphoric acid groups is 1. The highest BCUT2D eigenvalue weighted by molar-refractivity contribution is 7.47. The molecule has 0 bridgehead atoms. The number of rotatable bonds is 6. The molecule has 19 heavy (non-hydrogen) atoms. The summed E-state index contributed by atoms with van der Waals surface area (Å²) in [6, 6.07) is 0. The average molecular weight is 296 g/mol. The van der Waals surface area contributed by atoms with Crippen molar-refractivity contribution < 1.29 is 18.5 Å². The third kappa shape index (κ3) is 8.09. The van der Waals surface area contributed by atoms with Crippen molar-refractivity contribution in [1.82, 2.24) is 0 Å². The second-order valence-electron chi connectivity index (χ2n) is 6.17. The zero-order valence-corrected chi connectivity index (χ0v) is 15.2. The molecule has 0 fully saturated rings. The van der Waals surface area contributed by atoms with E-state index >= 15 is 0 Å². The van der Waals surface area contributed by atoms with Crippen LogP contribution in [0.25, 0.3) is 0 Å². The molecule has 0 atom stereocenters. The Bertz CT molecular complexity index is 270. The van der Waals surface area contributed by atoms with Crippen molar-refractivity contribution >= 4 is 7.82 Å². The zero-order chi connectivity index (χ0) is 16.1. The monoisotopic (exact) mass is 296 g/mol. The molecule has 118 valence electrons. The van der Waals surface area contributed by atoms with Gasteiger partial charge < -0.3 is 4.89 Å². The Morgan fingerprint density at radius 2 is 1.05 bits per heavy atom. The van der Waals surface area contributed by atoms with E-state index in [1.165, 1.54) is 0 Å².